The summed E-state index contributed by atoms with van der Waals surface area (Å²) in [5, 5.41) is 3.77. The third-order valence-corrected chi connectivity index (χ3v) is 4.89. The van der Waals surface area contributed by atoms with E-state index in [9.17, 15) is 9.59 Å². The molecule has 29 heavy (non-hydrogen) atoms. The van der Waals surface area contributed by atoms with Crippen LogP contribution >= 0.6 is 0 Å². The van der Waals surface area contributed by atoms with Crippen molar-refractivity contribution in [2.75, 3.05) is 0 Å². The van der Waals surface area contributed by atoms with E-state index in [1.807, 2.05) is 31.2 Å². The van der Waals surface area contributed by atoms with Crippen LogP contribution in [0.5, 0.6) is 5.75 Å². The molecule has 1 amide bonds. The molecule has 2 heterocycles. The SMILES string of the molecule is CCCCc1cc(=O)oc2c(C)c(O[C@@H](C)C(=O)NCc3ccncc3)ccc12. The first-order chi connectivity index (χ1) is 14.0. The average molecular weight is 394 g/mol. The average Bonchev–Trinajstić information content (AvgIpc) is 2.73. The van der Waals surface area contributed by atoms with Crippen molar-refractivity contribution in [1.82, 2.24) is 10.3 Å². The monoisotopic (exact) mass is 394 g/mol. The standard InChI is InChI=1S/C23H26N2O4/c1-4-5-6-18-13-21(26)29-22-15(2)20(8-7-19(18)22)28-16(3)23(27)25-14-17-9-11-24-12-10-17/h7-13,16H,4-6,14H2,1-3H3,(H,25,27)/t16-/m0/s1. The van der Waals surface area contributed by atoms with Crippen LogP contribution in [-0.2, 0) is 17.8 Å². The van der Waals surface area contributed by atoms with Gasteiger partial charge in [0.05, 0.1) is 0 Å². The topological polar surface area (TPSA) is 81.4 Å². The lowest BCUT2D eigenvalue weighted by molar-refractivity contribution is -0.127. The number of hydrogen-bond acceptors (Lipinski definition) is 5. The van der Waals surface area contributed by atoms with E-state index in [0.29, 0.717) is 23.4 Å². The molecule has 0 fully saturated rings. The smallest absolute Gasteiger partial charge is 0.336 e. The molecule has 1 aromatic carbocycles. The van der Waals surface area contributed by atoms with Gasteiger partial charge >= 0.3 is 5.63 Å². The summed E-state index contributed by atoms with van der Waals surface area (Å²) in [6, 6.07) is 8.98. The van der Waals surface area contributed by atoms with E-state index >= 15 is 0 Å². The molecule has 0 aliphatic rings. The third kappa shape index (κ3) is 5.02. The number of unbranched alkanes of at least 4 members (excludes halogenated alkanes) is 1. The van der Waals surface area contributed by atoms with E-state index in [1.54, 1.807) is 25.4 Å². The molecule has 6 nitrogen and oxygen atoms in total. The van der Waals surface area contributed by atoms with Crippen LogP contribution in [0.1, 0.15) is 43.4 Å². The molecule has 3 aromatic rings. The molecule has 1 N–H and O–H groups in total. The fourth-order valence-corrected chi connectivity index (χ4v) is 3.19. The summed E-state index contributed by atoms with van der Waals surface area (Å²) in [4.78, 5) is 28.4. The number of carbonyl (C=O) groups excluding carboxylic acids is 1. The molecule has 0 spiro atoms. The normalized spacial score (nSPS) is 12.0. The summed E-state index contributed by atoms with van der Waals surface area (Å²) in [5.41, 5.74) is 2.81. The molecule has 0 aliphatic carbocycles. The van der Waals surface area contributed by atoms with Crippen LogP contribution in [0.4, 0.5) is 0 Å². The zero-order valence-electron chi connectivity index (χ0n) is 17.0. The molecule has 6 heteroatoms. The number of ether oxygens (including phenoxy) is 1. The molecule has 0 saturated carbocycles. The molecule has 1 atom stereocenters. The van der Waals surface area contributed by atoms with Gasteiger partial charge in [0.1, 0.15) is 11.3 Å². The number of aryl methyl sites for hydroxylation is 2. The number of amides is 1. The van der Waals surface area contributed by atoms with Crippen LogP contribution < -0.4 is 15.7 Å². The van der Waals surface area contributed by atoms with Crippen molar-refractivity contribution in [3.05, 3.63) is 69.8 Å². The van der Waals surface area contributed by atoms with Crippen molar-refractivity contribution in [3.8, 4) is 5.75 Å². The number of hydrogen-bond donors (Lipinski definition) is 1. The number of rotatable bonds is 8. The molecular weight excluding hydrogens is 368 g/mol. The van der Waals surface area contributed by atoms with Gasteiger partial charge in [-0.1, -0.05) is 13.3 Å². The predicted molar refractivity (Wildman–Crippen MR) is 112 cm³/mol. The van der Waals surface area contributed by atoms with Crippen LogP contribution in [0.15, 0.2) is 51.9 Å². The van der Waals surface area contributed by atoms with E-state index in [4.69, 9.17) is 9.15 Å². The van der Waals surface area contributed by atoms with Crippen molar-refractivity contribution in [3.63, 3.8) is 0 Å². The second-order valence-corrected chi connectivity index (χ2v) is 7.09. The first-order valence-corrected chi connectivity index (χ1v) is 9.89. The molecule has 152 valence electrons. The Hall–Kier alpha value is -3.15. The highest BCUT2D eigenvalue weighted by Gasteiger charge is 2.18. The van der Waals surface area contributed by atoms with Crippen LogP contribution in [-0.4, -0.2) is 17.0 Å². The number of nitrogens with zero attached hydrogens (tertiary/aromatic N) is 1. The minimum Gasteiger partial charge on any atom is -0.480 e. The number of aromatic nitrogens is 1. The summed E-state index contributed by atoms with van der Waals surface area (Å²) in [6.45, 7) is 6.05. The predicted octanol–water partition coefficient (Wildman–Crippen LogP) is 3.92. The zero-order chi connectivity index (χ0) is 20.8. The zero-order valence-corrected chi connectivity index (χ0v) is 17.0. The number of fused-ring (bicyclic) bond motifs is 1. The van der Waals surface area contributed by atoms with Crippen molar-refractivity contribution in [1.29, 1.82) is 0 Å². The minimum absolute atomic E-state index is 0.223. The fraction of sp³-hybridized carbons (Fsp3) is 0.348. The van der Waals surface area contributed by atoms with E-state index in [1.165, 1.54) is 0 Å². The quantitative estimate of drug-likeness (QED) is 0.586. The Morgan fingerprint density at radius 2 is 2.00 bits per heavy atom. The first-order valence-electron chi connectivity index (χ1n) is 9.89. The molecule has 3 rings (SSSR count). The highest BCUT2D eigenvalue weighted by atomic mass is 16.5. The van der Waals surface area contributed by atoms with Crippen molar-refractivity contribution >= 4 is 16.9 Å². The Morgan fingerprint density at radius 1 is 1.24 bits per heavy atom. The van der Waals surface area contributed by atoms with Crippen molar-refractivity contribution in [2.45, 2.75) is 52.7 Å². The largest absolute Gasteiger partial charge is 0.480 e. The van der Waals surface area contributed by atoms with Gasteiger partial charge in [-0.05, 0) is 62.1 Å². The summed E-state index contributed by atoms with van der Waals surface area (Å²) in [6.07, 6.45) is 5.55. The lowest BCUT2D eigenvalue weighted by Crippen LogP contribution is -2.36. The summed E-state index contributed by atoms with van der Waals surface area (Å²) < 4.78 is 11.3. The molecule has 0 saturated heterocycles. The van der Waals surface area contributed by atoms with Gasteiger partial charge in [0.25, 0.3) is 5.91 Å². The molecule has 0 bridgehead atoms. The second kappa shape index (κ2) is 9.37. The van der Waals surface area contributed by atoms with E-state index in [2.05, 4.69) is 17.2 Å². The minimum atomic E-state index is -0.692. The number of carbonyl (C=O) groups is 1. The number of benzene rings is 1. The van der Waals surface area contributed by atoms with Gasteiger partial charge in [-0.2, -0.15) is 0 Å². The van der Waals surface area contributed by atoms with Crippen LogP contribution in [0.3, 0.4) is 0 Å². The Labute approximate surface area is 169 Å². The van der Waals surface area contributed by atoms with Crippen LogP contribution in [0.2, 0.25) is 0 Å². The van der Waals surface area contributed by atoms with E-state index in [0.717, 1.165) is 35.8 Å². The molecule has 2 aromatic heterocycles. The number of pyridine rings is 1. The fourth-order valence-electron chi connectivity index (χ4n) is 3.19. The first kappa shape index (κ1) is 20.6. The van der Waals surface area contributed by atoms with Gasteiger partial charge in [-0.25, -0.2) is 4.79 Å². The van der Waals surface area contributed by atoms with E-state index < -0.39 is 6.10 Å². The van der Waals surface area contributed by atoms with Gasteiger partial charge in [-0.15, -0.1) is 0 Å². The van der Waals surface area contributed by atoms with Crippen LogP contribution in [0.25, 0.3) is 11.0 Å². The Balaban J connectivity index is 1.76. The molecule has 0 radical (unpaired) electrons. The summed E-state index contributed by atoms with van der Waals surface area (Å²) in [7, 11) is 0. The third-order valence-electron chi connectivity index (χ3n) is 4.89. The maximum Gasteiger partial charge on any atom is 0.336 e. The van der Waals surface area contributed by atoms with Gasteiger partial charge in [0, 0.05) is 36.0 Å². The lowest BCUT2D eigenvalue weighted by Gasteiger charge is -2.17. The van der Waals surface area contributed by atoms with Gasteiger partial charge in [-0.3, -0.25) is 9.78 Å². The maximum atomic E-state index is 12.4. The summed E-state index contributed by atoms with van der Waals surface area (Å²) >= 11 is 0. The number of nitrogens with one attached hydrogen (secondary N) is 1. The highest BCUT2D eigenvalue weighted by Crippen LogP contribution is 2.29. The molecule has 0 aliphatic heterocycles. The Morgan fingerprint density at radius 3 is 2.72 bits per heavy atom. The Bertz CT molecular complexity index is 1040. The van der Waals surface area contributed by atoms with Gasteiger partial charge in [0.2, 0.25) is 0 Å². The molecule has 0 unspecified atom stereocenters. The van der Waals surface area contributed by atoms with E-state index in [-0.39, 0.29) is 11.5 Å². The van der Waals surface area contributed by atoms with Gasteiger partial charge in [0.15, 0.2) is 6.10 Å². The van der Waals surface area contributed by atoms with Crippen molar-refractivity contribution < 1.29 is 13.9 Å². The highest BCUT2D eigenvalue weighted by molar-refractivity contribution is 5.85. The Kier molecular flexibility index (Phi) is 6.65. The van der Waals surface area contributed by atoms with Crippen LogP contribution in [0, 0.1) is 6.92 Å². The van der Waals surface area contributed by atoms with Crippen molar-refractivity contribution in [2.24, 2.45) is 0 Å². The summed E-state index contributed by atoms with van der Waals surface area (Å²) in [5.74, 6) is 0.305. The van der Waals surface area contributed by atoms with Gasteiger partial charge < -0.3 is 14.5 Å². The molecular formula is C23H26N2O4. The second-order valence-electron chi connectivity index (χ2n) is 7.09. The maximum absolute atomic E-state index is 12.4. The lowest BCUT2D eigenvalue weighted by atomic mass is 10.0.